The molecule has 2 aromatic rings. The minimum atomic E-state index is -3.87. The maximum absolute atomic E-state index is 12.7. The van der Waals surface area contributed by atoms with E-state index < -0.39 is 21.0 Å². The van der Waals surface area contributed by atoms with Crippen molar-refractivity contribution in [3.8, 4) is 11.3 Å². The van der Waals surface area contributed by atoms with Crippen LogP contribution in [0.15, 0.2) is 41.7 Å². The Morgan fingerprint density at radius 3 is 2.58 bits per heavy atom. The van der Waals surface area contributed by atoms with E-state index in [1.54, 1.807) is 0 Å². The number of imidazole rings is 1. The van der Waals surface area contributed by atoms with Crippen LogP contribution in [0, 0.1) is 0 Å². The number of aromatic amines is 1. The summed E-state index contributed by atoms with van der Waals surface area (Å²) in [6, 6.07) is 9.29. The largest absolute Gasteiger partial charge is 0.378 e. The van der Waals surface area contributed by atoms with Crippen LogP contribution in [0.4, 0.5) is 0 Å². The second-order valence-corrected chi connectivity index (χ2v) is 7.78. The molecular formula is C16H19N3O4S. The molecule has 128 valence electrons. The summed E-state index contributed by atoms with van der Waals surface area (Å²) in [6.45, 7) is 3.07. The normalized spacial score (nSPS) is 16.8. The smallest absolute Gasteiger partial charge is 0.241 e. The Morgan fingerprint density at radius 2 is 1.92 bits per heavy atom. The molecule has 0 saturated carbocycles. The van der Waals surface area contributed by atoms with Crippen LogP contribution in [-0.2, 0) is 19.4 Å². The van der Waals surface area contributed by atoms with Gasteiger partial charge in [0.25, 0.3) is 0 Å². The highest BCUT2D eigenvalue weighted by molar-refractivity contribution is 7.92. The number of nitrogens with one attached hydrogen (secondary N) is 1. The molecule has 1 amide bonds. The van der Waals surface area contributed by atoms with Crippen molar-refractivity contribution in [3.63, 3.8) is 0 Å². The second-order valence-electron chi connectivity index (χ2n) is 5.59. The minimum Gasteiger partial charge on any atom is -0.378 e. The number of H-pyrrole nitrogens is 1. The first-order valence-electron chi connectivity index (χ1n) is 7.71. The Hall–Kier alpha value is -2.19. The van der Waals surface area contributed by atoms with Crippen molar-refractivity contribution < 1.29 is 17.9 Å². The Balaban J connectivity index is 1.82. The van der Waals surface area contributed by atoms with E-state index in [1.807, 2.05) is 30.3 Å². The first-order valence-corrected chi connectivity index (χ1v) is 9.25. The van der Waals surface area contributed by atoms with E-state index in [0.29, 0.717) is 32.0 Å². The van der Waals surface area contributed by atoms with Gasteiger partial charge in [0.2, 0.25) is 20.9 Å². The van der Waals surface area contributed by atoms with Crippen LogP contribution < -0.4 is 0 Å². The van der Waals surface area contributed by atoms with Crippen LogP contribution in [-0.4, -0.2) is 60.7 Å². The molecule has 1 fully saturated rings. The zero-order valence-electron chi connectivity index (χ0n) is 13.3. The van der Waals surface area contributed by atoms with Gasteiger partial charge in [-0.15, -0.1) is 0 Å². The average Bonchev–Trinajstić information content (AvgIpc) is 3.13. The van der Waals surface area contributed by atoms with Crippen molar-refractivity contribution in [1.29, 1.82) is 0 Å². The molecule has 0 unspecified atom stereocenters. The monoisotopic (exact) mass is 349 g/mol. The highest BCUT2D eigenvalue weighted by Gasteiger charge is 2.35. The quantitative estimate of drug-likeness (QED) is 0.892. The van der Waals surface area contributed by atoms with Crippen molar-refractivity contribution in [2.45, 2.75) is 17.3 Å². The molecule has 0 aliphatic carbocycles. The van der Waals surface area contributed by atoms with E-state index in [-0.39, 0.29) is 5.16 Å². The predicted octanol–water partition coefficient (Wildman–Crippen LogP) is 1.10. The number of hydrogen-bond donors (Lipinski definition) is 1. The molecule has 0 bridgehead atoms. The van der Waals surface area contributed by atoms with E-state index >= 15 is 0 Å². The summed E-state index contributed by atoms with van der Waals surface area (Å²) in [5.41, 5.74) is 1.43. The van der Waals surface area contributed by atoms with Gasteiger partial charge in [0, 0.05) is 13.1 Å². The van der Waals surface area contributed by atoms with Crippen LogP contribution in [0.1, 0.15) is 6.92 Å². The lowest BCUT2D eigenvalue weighted by Gasteiger charge is -2.28. The third kappa shape index (κ3) is 3.20. The van der Waals surface area contributed by atoms with Crippen molar-refractivity contribution in [2.24, 2.45) is 0 Å². The van der Waals surface area contributed by atoms with Gasteiger partial charge in [-0.05, 0) is 12.5 Å². The third-order valence-electron chi connectivity index (χ3n) is 4.04. The summed E-state index contributed by atoms with van der Waals surface area (Å²) >= 11 is 0. The Kier molecular flexibility index (Phi) is 4.68. The fourth-order valence-corrected chi connectivity index (χ4v) is 3.75. The number of hydrogen-bond acceptors (Lipinski definition) is 5. The molecule has 1 aliphatic rings. The number of morpholine rings is 1. The summed E-state index contributed by atoms with van der Waals surface area (Å²) in [5, 5.41) is -1.37. The summed E-state index contributed by atoms with van der Waals surface area (Å²) < 4.78 is 30.6. The fraction of sp³-hybridized carbons (Fsp3) is 0.375. The molecule has 3 rings (SSSR count). The first-order chi connectivity index (χ1) is 11.5. The molecule has 1 aliphatic heterocycles. The number of carbonyl (C=O) groups is 1. The second kappa shape index (κ2) is 6.74. The molecule has 1 aromatic carbocycles. The average molecular weight is 349 g/mol. The lowest BCUT2D eigenvalue weighted by Crippen LogP contribution is -2.47. The molecule has 7 nitrogen and oxygen atoms in total. The van der Waals surface area contributed by atoms with Crippen LogP contribution in [0.2, 0.25) is 0 Å². The van der Waals surface area contributed by atoms with Gasteiger partial charge in [-0.1, -0.05) is 30.3 Å². The van der Waals surface area contributed by atoms with Gasteiger partial charge in [-0.25, -0.2) is 13.4 Å². The maximum atomic E-state index is 12.7. The standard InChI is InChI=1S/C16H19N3O4S/c1-12(15(20)19-7-9-23-10-8-19)24(21,22)16-17-11-14(18-16)13-5-3-2-4-6-13/h2-6,11-12H,7-10H2,1H3,(H,17,18)/t12-/m1/s1. The van der Waals surface area contributed by atoms with Gasteiger partial charge in [0.05, 0.1) is 25.1 Å². The number of rotatable bonds is 4. The number of carbonyl (C=O) groups excluding carboxylic acids is 1. The molecule has 24 heavy (non-hydrogen) atoms. The Labute approximate surface area is 140 Å². The van der Waals surface area contributed by atoms with E-state index in [9.17, 15) is 13.2 Å². The van der Waals surface area contributed by atoms with Gasteiger partial charge >= 0.3 is 0 Å². The number of ether oxygens (including phenoxy) is 1. The maximum Gasteiger partial charge on any atom is 0.241 e. The summed E-state index contributed by atoms with van der Waals surface area (Å²) in [7, 11) is -3.87. The van der Waals surface area contributed by atoms with E-state index in [0.717, 1.165) is 5.56 Å². The molecule has 1 atom stereocenters. The molecule has 1 saturated heterocycles. The molecule has 8 heteroatoms. The minimum absolute atomic E-state index is 0.185. The van der Waals surface area contributed by atoms with Gasteiger partial charge in [0.15, 0.2) is 0 Å². The zero-order valence-corrected chi connectivity index (χ0v) is 14.1. The molecular weight excluding hydrogens is 330 g/mol. The van der Waals surface area contributed by atoms with Gasteiger partial charge in [0.1, 0.15) is 5.25 Å². The SMILES string of the molecule is C[C@H](C(=O)N1CCOCC1)S(=O)(=O)c1ncc(-c2ccccc2)[nH]1. The Morgan fingerprint density at radius 1 is 1.25 bits per heavy atom. The van der Waals surface area contributed by atoms with Gasteiger partial charge in [-0.3, -0.25) is 4.79 Å². The van der Waals surface area contributed by atoms with Crippen molar-refractivity contribution in [1.82, 2.24) is 14.9 Å². The lowest BCUT2D eigenvalue weighted by molar-refractivity contribution is -0.134. The Bertz CT molecular complexity index is 811. The van der Waals surface area contributed by atoms with Crippen molar-refractivity contribution in [2.75, 3.05) is 26.3 Å². The highest BCUT2D eigenvalue weighted by atomic mass is 32.2. The highest BCUT2D eigenvalue weighted by Crippen LogP contribution is 2.21. The van der Waals surface area contributed by atoms with Gasteiger partial charge < -0.3 is 14.6 Å². The number of amides is 1. The van der Waals surface area contributed by atoms with Gasteiger partial charge in [-0.2, -0.15) is 0 Å². The first kappa shape index (κ1) is 16.7. The zero-order chi connectivity index (χ0) is 17.2. The van der Waals surface area contributed by atoms with E-state index in [1.165, 1.54) is 18.0 Å². The molecule has 2 heterocycles. The molecule has 1 N–H and O–H groups in total. The van der Waals surface area contributed by atoms with Crippen LogP contribution in [0.5, 0.6) is 0 Å². The molecule has 0 spiro atoms. The topological polar surface area (TPSA) is 92.4 Å². The van der Waals surface area contributed by atoms with Crippen LogP contribution in [0.3, 0.4) is 0 Å². The van der Waals surface area contributed by atoms with Crippen molar-refractivity contribution in [3.05, 3.63) is 36.5 Å². The summed E-state index contributed by atoms with van der Waals surface area (Å²) in [4.78, 5) is 20.8. The van der Waals surface area contributed by atoms with E-state index in [2.05, 4.69) is 9.97 Å². The lowest BCUT2D eigenvalue weighted by atomic mass is 10.2. The number of aromatic nitrogens is 2. The number of sulfone groups is 1. The molecule has 1 aromatic heterocycles. The van der Waals surface area contributed by atoms with E-state index in [4.69, 9.17) is 4.74 Å². The summed E-state index contributed by atoms with van der Waals surface area (Å²) in [6.07, 6.45) is 1.47. The summed E-state index contributed by atoms with van der Waals surface area (Å²) in [5.74, 6) is -0.420. The van der Waals surface area contributed by atoms with Crippen molar-refractivity contribution >= 4 is 15.7 Å². The number of nitrogens with zero attached hydrogens (tertiary/aromatic N) is 2. The van der Waals surface area contributed by atoms with Crippen LogP contribution in [0.25, 0.3) is 11.3 Å². The fourth-order valence-electron chi connectivity index (χ4n) is 2.55. The predicted molar refractivity (Wildman–Crippen MR) is 88.1 cm³/mol. The molecule has 0 radical (unpaired) electrons. The number of benzene rings is 1. The third-order valence-corrected chi connectivity index (χ3v) is 5.92. The van der Waals surface area contributed by atoms with Crippen LogP contribution >= 0.6 is 0 Å².